The molecule has 0 bridgehead atoms. The van der Waals surface area contributed by atoms with Crippen LogP contribution in [0.2, 0.25) is 0 Å². The molecule has 0 aliphatic heterocycles. The van der Waals surface area contributed by atoms with Gasteiger partial charge in [-0.3, -0.25) is 0 Å². The molecule has 0 saturated heterocycles. The molecule has 0 radical (unpaired) electrons. The summed E-state index contributed by atoms with van der Waals surface area (Å²) < 4.78 is 0. The maximum atomic E-state index is 11.1. The van der Waals surface area contributed by atoms with Crippen LogP contribution in [-0.4, -0.2) is 86.2 Å². The van der Waals surface area contributed by atoms with Gasteiger partial charge in [0, 0.05) is 0 Å². The van der Waals surface area contributed by atoms with Crippen LogP contribution >= 0.6 is 0 Å². The first-order chi connectivity index (χ1) is 26.4. The highest BCUT2D eigenvalue weighted by molar-refractivity contribution is 5.05. The molecule has 8 nitrogen and oxygen atoms in total. The lowest BCUT2D eigenvalue weighted by molar-refractivity contribution is -0.0746. The van der Waals surface area contributed by atoms with E-state index >= 15 is 0 Å². The average Bonchev–Trinajstić information content (AvgIpc) is 3.05. The summed E-state index contributed by atoms with van der Waals surface area (Å²) in [5, 5.41) is 86.7. The molecule has 0 aliphatic rings. The molecule has 0 spiro atoms. The summed E-state index contributed by atoms with van der Waals surface area (Å²) in [7, 11) is 0. The molecule has 0 aromatic heterocycles. The number of hydrogen-bond donors (Lipinski definition) is 8. The molecule has 8 unspecified atom stereocenters. The van der Waals surface area contributed by atoms with Gasteiger partial charge in [-0.15, -0.1) is 6.58 Å². The van der Waals surface area contributed by atoms with Crippen molar-refractivity contribution in [3.63, 3.8) is 0 Å². The maximum absolute atomic E-state index is 11.1. The molecule has 58 heavy (non-hydrogen) atoms. The van der Waals surface area contributed by atoms with E-state index in [9.17, 15) is 40.9 Å². The fraction of sp³-hybridized carbons (Fsp3) is 0.840. The Hall–Kier alpha value is -1.36. The smallest absolute Gasteiger partial charge is 0.0877 e. The third-order valence-electron chi connectivity index (χ3n) is 12.5. The maximum Gasteiger partial charge on any atom is 0.0877 e. The van der Waals surface area contributed by atoms with Gasteiger partial charge in [0.25, 0.3) is 0 Å². The predicted molar refractivity (Wildman–Crippen MR) is 244 cm³/mol. The van der Waals surface area contributed by atoms with Crippen LogP contribution in [0.15, 0.2) is 47.6 Å². The summed E-state index contributed by atoms with van der Waals surface area (Å²) in [4.78, 5) is 0. The topological polar surface area (TPSA) is 162 Å². The first kappa shape index (κ1) is 56.6. The van der Waals surface area contributed by atoms with Crippen LogP contribution in [0.5, 0.6) is 0 Å². The van der Waals surface area contributed by atoms with E-state index in [0.29, 0.717) is 116 Å². The molecular weight excluding hydrogens is 729 g/mol. The monoisotopic (exact) mass is 823 g/mol. The second kappa shape index (κ2) is 26.2. The first-order valence-electron chi connectivity index (χ1n) is 22.8. The van der Waals surface area contributed by atoms with Crippen molar-refractivity contribution in [3.05, 3.63) is 47.6 Å². The molecule has 0 aliphatic carbocycles. The molecule has 8 atom stereocenters. The summed E-state index contributed by atoms with van der Waals surface area (Å²) in [6, 6.07) is 0. The molecule has 0 heterocycles. The fourth-order valence-corrected chi connectivity index (χ4v) is 7.83. The molecule has 0 aromatic rings. The van der Waals surface area contributed by atoms with Gasteiger partial charge in [-0.2, -0.15) is 0 Å². The zero-order chi connectivity index (χ0) is 44.9. The standard InChI is InChI=1S/C50H94O8/c1-13-44(6,52)28-16-25-41(4)23-14-24-42(5)26-27-43(51)50(12,58)39-21-38-49(11,57)37-20-36-48(10,56)35-19-34-47(9,55)33-18-32-46(8,54)31-17-30-45(7,53)29-15-22-40(2)3/h13,22,24-25,43,51-58H,1,14-21,23,26-39H2,2-12H3/b41-25+,42-24+. The van der Waals surface area contributed by atoms with Crippen LogP contribution in [0.1, 0.15) is 224 Å². The summed E-state index contributed by atoms with van der Waals surface area (Å²) in [5.74, 6) is 0. The van der Waals surface area contributed by atoms with E-state index in [-0.39, 0.29) is 0 Å². The molecule has 8 N–H and O–H groups in total. The Morgan fingerprint density at radius 3 is 1.16 bits per heavy atom. The number of hydrogen-bond acceptors (Lipinski definition) is 8. The molecule has 0 aromatic carbocycles. The Morgan fingerprint density at radius 1 is 0.448 bits per heavy atom. The number of rotatable bonds is 34. The van der Waals surface area contributed by atoms with Crippen LogP contribution in [0.4, 0.5) is 0 Å². The average molecular weight is 823 g/mol. The van der Waals surface area contributed by atoms with Gasteiger partial charge in [0.2, 0.25) is 0 Å². The minimum atomic E-state index is -1.25. The summed E-state index contributed by atoms with van der Waals surface area (Å²) in [6.45, 7) is 24.6. The SMILES string of the molecule is C=CC(C)(O)CC/C=C(\C)CC/C=C(\C)CCC(O)C(C)(O)CCCC(C)(O)CCCC(C)(O)CCCC(C)(O)CCCC(C)(O)CCCC(C)(O)CCC=C(C)C. The minimum Gasteiger partial charge on any atom is -0.390 e. The Balaban J connectivity index is 4.48. The molecule has 0 fully saturated rings. The lowest BCUT2D eigenvalue weighted by Gasteiger charge is -2.32. The lowest BCUT2D eigenvalue weighted by atomic mass is 9.83. The Morgan fingerprint density at radius 2 is 0.776 bits per heavy atom. The van der Waals surface area contributed by atoms with Gasteiger partial charge in [0.15, 0.2) is 0 Å². The third-order valence-corrected chi connectivity index (χ3v) is 12.5. The summed E-state index contributed by atoms with van der Waals surface area (Å²) in [6.07, 6.45) is 22.0. The summed E-state index contributed by atoms with van der Waals surface area (Å²) in [5.41, 5.74) is -2.70. The second-order valence-electron chi connectivity index (χ2n) is 20.7. The van der Waals surface area contributed by atoms with E-state index in [1.807, 2.05) is 27.7 Å². The normalized spacial score (nSPS) is 20.7. The molecular formula is C50H94O8. The molecule has 0 amide bonds. The van der Waals surface area contributed by atoms with E-state index in [2.05, 4.69) is 52.5 Å². The number of aliphatic hydroxyl groups excluding tert-OH is 1. The highest BCUT2D eigenvalue weighted by Crippen LogP contribution is 2.32. The first-order valence-corrected chi connectivity index (χ1v) is 22.8. The van der Waals surface area contributed by atoms with Crippen molar-refractivity contribution in [3.8, 4) is 0 Å². The van der Waals surface area contributed by atoms with Crippen molar-refractivity contribution in [1.82, 2.24) is 0 Å². The number of aliphatic hydroxyl groups is 8. The van der Waals surface area contributed by atoms with E-state index in [4.69, 9.17) is 0 Å². The van der Waals surface area contributed by atoms with Gasteiger partial charge in [0.05, 0.1) is 45.3 Å². The van der Waals surface area contributed by atoms with Crippen molar-refractivity contribution in [2.75, 3.05) is 0 Å². The molecule has 342 valence electrons. The minimum absolute atomic E-state index is 0.380. The van der Waals surface area contributed by atoms with Gasteiger partial charge in [-0.05, 0) is 224 Å². The van der Waals surface area contributed by atoms with Crippen LogP contribution in [0.25, 0.3) is 0 Å². The highest BCUT2D eigenvalue weighted by atomic mass is 16.3. The van der Waals surface area contributed by atoms with Crippen LogP contribution in [-0.2, 0) is 0 Å². The zero-order valence-corrected chi connectivity index (χ0v) is 39.4. The quantitative estimate of drug-likeness (QED) is 0.0298. The largest absolute Gasteiger partial charge is 0.390 e. The van der Waals surface area contributed by atoms with Gasteiger partial charge < -0.3 is 40.9 Å². The van der Waals surface area contributed by atoms with Crippen molar-refractivity contribution in [2.24, 2.45) is 0 Å². The Labute approximate surface area is 356 Å². The number of allylic oxidation sites excluding steroid dienone is 6. The van der Waals surface area contributed by atoms with E-state index < -0.39 is 45.3 Å². The zero-order valence-electron chi connectivity index (χ0n) is 39.4. The van der Waals surface area contributed by atoms with Gasteiger partial charge in [-0.25, -0.2) is 0 Å². The molecule has 8 heteroatoms. The van der Waals surface area contributed by atoms with Crippen molar-refractivity contribution in [1.29, 1.82) is 0 Å². The van der Waals surface area contributed by atoms with Gasteiger partial charge in [-0.1, -0.05) is 41.0 Å². The fourth-order valence-electron chi connectivity index (χ4n) is 7.83. The Kier molecular flexibility index (Phi) is 25.6. The van der Waals surface area contributed by atoms with Crippen molar-refractivity contribution in [2.45, 2.75) is 269 Å². The van der Waals surface area contributed by atoms with Crippen LogP contribution in [0, 0.1) is 0 Å². The van der Waals surface area contributed by atoms with Crippen molar-refractivity contribution < 1.29 is 40.9 Å². The van der Waals surface area contributed by atoms with E-state index in [0.717, 1.165) is 32.1 Å². The third kappa shape index (κ3) is 29.8. The summed E-state index contributed by atoms with van der Waals surface area (Å²) >= 11 is 0. The van der Waals surface area contributed by atoms with Crippen molar-refractivity contribution >= 4 is 0 Å². The van der Waals surface area contributed by atoms with Crippen LogP contribution < -0.4 is 0 Å². The molecule has 0 rings (SSSR count). The van der Waals surface area contributed by atoms with Crippen LogP contribution in [0.3, 0.4) is 0 Å². The van der Waals surface area contributed by atoms with Gasteiger partial charge in [0.1, 0.15) is 0 Å². The Bertz CT molecular complexity index is 1230. The predicted octanol–water partition coefficient (Wildman–Crippen LogP) is 10.6. The van der Waals surface area contributed by atoms with E-state index in [1.165, 1.54) is 16.7 Å². The lowest BCUT2D eigenvalue weighted by Crippen LogP contribution is -2.39. The second-order valence-corrected chi connectivity index (χ2v) is 20.7. The molecule has 0 saturated carbocycles. The highest BCUT2D eigenvalue weighted by Gasteiger charge is 2.32. The van der Waals surface area contributed by atoms with E-state index in [1.54, 1.807) is 26.8 Å². The van der Waals surface area contributed by atoms with Gasteiger partial charge >= 0.3 is 0 Å².